The van der Waals surface area contributed by atoms with E-state index >= 15 is 0 Å². The number of carbonyl (C=O) groups is 1. The van der Waals surface area contributed by atoms with Gasteiger partial charge in [0.05, 0.1) is 16.4 Å². The molecule has 5 rings (SSSR count). The Hall–Kier alpha value is -3.64. The Kier molecular flexibility index (Phi) is 5.84. The Morgan fingerprint density at radius 1 is 0.848 bits per heavy atom. The first-order valence-electron chi connectivity index (χ1n) is 10.9. The standard InChI is InChI=1S/C26H23ClN4O2/c27-22-7-3-4-8-24(22)29-13-15-30(16-14-29)26(33)18-31-25(32)12-11-23(28-31)21-10-9-19-5-1-2-6-20(19)17-21/h1-12,17H,13-16,18H2. The van der Waals surface area contributed by atoms with Gasteiger partial charge in [-0.1, -0.05) is 60.1 Å². The van der Waals surface area contributed by atoms with Crippen molar-refractivity contribution in [1.82, 2.24) is 14.7 Å². The summed E-state index contributed by atoms with van der Waals surface area (Å²) in [7, 11) is 0. The van der Waals surface area contributed by atoms with Crippen molar-refractivity contribution in [3.05, 3.63) is 94.2 Å². The lowest BCUT2D eigenvalue weighted by Gasteiger charge is -2.36. The number of hydrogen-bond acceptors (Lipinski definition) is 4. The Balaban J connectivity index is 1.30. The van der Waals surface area contributed by atoms with Gasteiger partial charge in [-0.3, -0.25) is 9.59 Å². The predicted octanol–water partition coefficient (Wildman–Crippen LogP) is 4.07. The minimum atomic E-state index is -0.289. The molecule has 2 heterocycles. The fourth-order valence-corrected chi connectivity index (χ4v) is 4.45. The first-order valence-corrected chi connectivity index (χ1v) is 11.3. The van der Waals surface area contributed by atoms with E-state index in [4.69, 9.17) is 11.6 Å². The third-order valence-electron chi connectivity index (χ3n) is 6.02. The summed E-state index contributed by atoms with van der Waals surface area (Å²) in [6.07, 6.45) is 0. The molecular formula is C26H23ClN4O2. The molecule has 0 aliphatic carbocycles. The molecule has 33 heavy (non-hydrogen) atoms. The number of piperazine rings is 1. The van der Waals surface area contributed by atoms with E-state index in [-0.39, 0.29) is 18.0 Å². The molecular weight excluding hydrogens is 436 g/mol. The summed E-state index contributed by atoms with van der Waals surface area (Å²) in [5, 5.41) is 7.43. The Morgan fingerprint density at radius 3 is 2.36 bits per heavy atom. The molecule has 1 amide bonds. The molecule has 7 heteroatoms. The molecule has 1 aliphatic rings. The average Bonchev–Trinajstić information content (AvgIpc) is 2.85. The summed E-state index contributed by atoms with van der Waals surface area (Å²) < 4.78 is 1.26. The average molecular weight is 459 g/mol. The summed E-state index contributed by atoms with van der Waals surface area (Å²) in [6, 6.07) is 25.0. The summed E-state index contributed by atoms with van der Waals surface area (Å²) in [5.74, 6) is -0.112. The van der Waals surface area contributed by atoms with E-state index in [1.165, 1.54) is 10.7 Å². The minimum Gasteiger partial charge on any atom is -0.367 e. The SMILES string of the molecule is O=C(Cn1nc(-c2ccc3ccccc3c2)ccc1=O)N1CCN(c2ccccc2Cl)CC1. The fourth-order valence-electron chi connectivity index (χ4n) is 4.20. The largest absolute Gasteiger partial charge is 0.367 e. The van der Waals surface area contributed by atoms with Gasteiger partial charge < -0.3 is 9.80 Å². The Morgan fingerprint density at radius 2 is 1.58 bits per heavy atom. The van der Waals surface area contributed by atoms with Crippen molar-refractivity contribution in [2.45, 2.75) is 6.54 Å². The summed E-state index contributed by atoms with van der Waals surface area (Å²) in [6.45, 7) is 2.45. The second-order valence-electron chi connectivity index (χ2n) is 8.10. The van der Waals surface area contributed by atoms with Crippen LogP contribution in [0.4, 0.5) is 5.69 Å². The Bertz CT molecular complexity index is 1380. The topological polar surface area (TPSA) is 58.4 Å². The molecule has 166 valence electrons. The van der Waals surface area contributed by atoms with Crippen LogP contribution >= 0.6 is 11.6 Å². The van der Waals surface area contributed by atoms with Crippen molar-refractivity contribution in [2.75, 3.05) is 31.1 Å². The molecule has 0 saturated carbocycles. The molecule has 4 aromatic rings. The second kappa shape index (κ2) is 9.08. The van der Waals surface area contributed by atoms with Crippen LogP contribution in [-0.4, -0.2) is 46.8 Å². The maximum Gasteiger partial charge on any atom is 0.267 e. The molecule has 0 atom stereocenters. The summed E-state index contributed by atoms with van der Waals surface area (Å²) >= 11 is 6.31. The minimum absolute atomic E-state index is 0.0770. The van der Waals surface area contributed by atoms with Gasteiger partial charge in [-0.25, -0.2) is 4.68 Å². The van der Waals surface area contributed by atoms with Gasteiger partial charge >= 0.3 is 0 Å². The van der Waals surface area contributed by atoms with Crippen LogP contribution in [0.3, 0.4) is 0 Å². The van der Waals surface area contributed by atoms with E-state index in [9.17, 15) is 9.59 Å². The molecule has 6 nitrogen and oxygen atoms in total. The van der Waals surface area contributed by atoms with Crippen LogP contribution in [0, 0.1) is 0 Å². The normalized spacial score (nSPS) is 14.0. The number of halogens is 1. The van der Waals surface area contributed by atoms with Crippen molar-refractivity contribution in [1.29, 1.82) is 0 Å². The molecule has 1 aliphatic heterocycles. The molecule has 0 spiro atoms. The molecule has 0 radical (unpaired) electrons. The van der Waals surface area contributed by atoms with Gasteiger partial charge in [0, 0.05) is 37.8 Å². The monoisotopic (exact) mass is 458 g/mol. The highest BCUT2D eigenvalue weighted by Gasteiger charge is 2.23. The van der Waals surface area contributed by atoms with Crippen LogP contribution in [0.5, 0.6) is 0 Å². The lowest BCUT2D eigenvalue weighted by Crippen LogP contribution is -2.50. The molecule has 0 bridgehead atoms. The molecule has 1 aromatic heterocycles. The smallest absolute Gasteiger partial charge is 0.267 e. The van der Waals surface area contributed by atoms with Gasteiger partial charge in [0.25, 0.3) is 5.56 Å². The lowest BCUT2D eigenvalue weighted by atomic mass is 10.1. The van der Waals surface area contributed by atoms with Crippen LogP contribution in [0.2, 0.25) is 5.02 Å². The van der Waals surface area contributed by atoms with Gasteiger partial charge in [-0.05, 0) is 35.0 Å². The number of nitrogens with zero attached hydrogens (tertiary/aromatic N) is 4. The third-order valence-corrected chi connectivity index (χ3v) is 6.34. The summed E-state index contributed by atoms with van der Waals surface area (Å²) in [4.78, 5) is 29.3. The first-order chi connectivity index (χ1) is 16.1. The van der Waals surface area contributed by atoms with Gasteiger partial charge in [0.15, 0.2) is 0 Å². The number of amides is 1. The van der Waals surface area contributed by atoms with E-state index in [1.54, 1.807) is 11.0 Å². The highest BCUT2D eigenvalue weighted by Crippen LogP contribution is 2.26. The highest BCUT2D eigenvalue weighted by atomic mass is 35.5. The number of carbonyl (C=O) groups excluding carboxylic acids is 1. The van der Waals surface area contributed by atoms with Gasteiger partial charge in [-0.15, -0.1) is 0 Å². The van der Waals surface area contributed by atoms with E-state index in [2.05, 4.69) is 16.1 Å². The van der Waals surface area contributed by atoms with Crippen LogP contribution in [0.15, 0.2) is 83.7 Å². The fraction of sp³-hybridized carbons (Fsp3) is 0.192. The third kappa shape index (κ3) is 4.47. The van der Waals surface area contributed by atoms with Crippen LogP contribution in [0.25, 0.3) is 22.0 Å². The number of aromatic nitrogens is 2. The van der Waals surface area contributed by atoms with E-state index < -0.39 is 0 Å². The first kappa shape index (κ1) is 21.2. The maximum atomic E-state index is 12.9. The van der Waals surface area contributed by atoms with Crippen LogP contribution < -0.4 is 10.5 Å². The molecule has 0 unspecified atom stereocenters. The predicted molar refractivity (Wildman–Crippen MR) is 132 cm³/mol. The maximum absolute atomic E-state index is 12.9. The van der Waals surface area contributed by atoms with Crippen molar-refractivity contribution in [3.8, 4) is 11.3 Å². The molecule has 1 saturated heterocycles. The van der Waals surface area contributed by atoms with Gasteiger partial charge in [0.2, 0.25) is 5.91 Å². The van der Waals surface area contributed by atoms with Crippen molar-refractivity contribution in [3.63, 3.8) is 0 Å². The number of hydrogen-bond donors (Lipinski definition) is 0. The lowest BCUT2D eigenvalue weighted by molar-refractivity contribution is -0.132. The van der Waals surface area contributed by atoms with E-state index in [1.807, 2.05) is 60.7 Å². The van der Waals surface area contributed by atoms with Crippen LogP contribution in [-0.2, 0) is 11.3 Å². The van der Waals surface area contributed by atoms with Gasteiger partial charge in [0.1, 0.15) is 6.54 Å². The molecule has 1 fully saturated rings. The Labute approximate surface area is 196 Å². The molecule has 3 aromatic carbocycles. The molecule has 0 N–H and O–H groups in total. The number of para-hydroxylation sites is 1. The van der Waals surface area contributed by atoms with E-state index in [0.717, 1.165) is 22.0 Å². The van der Waals surface area contributed by atoms with Gasteiger partial charge in [-0.2, -0.15) is 5.10 Å². The second-order valence-corrected chi connectivity index (χ2v) is 8.50. The number of anilines is 1. The summed E-state index contributed by atoms with van der Waals surface area (Å²) in [5.41, 5.74) is 2.26. The van der Waals surface area contributed by atoms with Crippen molar-refractivity contribution in [2.24, 2.45) is 0 Å². The highest BCUT2D eigenvalue weighted by molar-refractivity contribution is 6.33. The zero-order valence-electron chi connectivity index (χ0n) is 18.0. The van der Waals surface area contributed by atoms with Crippen molar-refractivity contribution >= 4 is 34.0 Å². The van der Waals surface area contributed by atoms with Crippen molar-refractivity contribution < 1.29 is 4.79 Å². The van der Waals surface area contributed by atoms with E-state index in [0.29, 0.717) is 36.9 Å². The zero-order valence-corrected chi connectivity index (χ0v) is 18.8. The zero-order chi connectivity index (χ0) is 22.8. The quantitative estimate of drug-likeness (QED) is 0.462. The number of rotatable bonds is 4. The number of fused-ring (bicyclic) bond motifs is 1. The van der Waals surface area contributed by atoms with Crippen LogP contribution in [0.1, 0.15) is 0 Å². The number of benzene rings is 3.